The fourth-order valence-corrected chi connectivity index (χ4v) is 5.64. The molecule has 0 amide bonds. The normalized spacial score (nSPS) is 18.9. The standard InChI is InChI=1S/C31H45N3O4/c1-21-26(28(29(35)36)38-30(2,3)4)27(34-16-14-31(5,6)15-17-34)24(20-32-21)25-12-11-23(19-33-25)37-18-13-22-9-7-8-10-22/h11-12,19-20,22,28H,7-10,13-18H2,1-6H3,(H,35,36)/t28-/m0/s1. The third-order valence-electron chi connectivity index (χ3n) is 7.96. The third kappa shape index (κ3) is 7.04. The number of aryl methyl sites for hydroxylation is 1. The van der Waals surface area contributed by atoms with Crippen LogP contribution in [0.5, 0.6) is 5.75 Å². The summed E-state index contributed by atoms with van der Waals surface area (Å²) >= 11 is 0. The van der Waals surface area contributed by atoms with E-state index < -0.39 is 17.7 Å². The number of ether oxygens (including phenoxy) is 2. The summed E-state index contributed by atoms with van der Waals surface area (Å²) in [7, 11) is 0. The largest absolute Gasteiger partial charge is 0.492 e. The Balaban J connectivity index is 1.68. The van der Waals surface area contributed by atoms with Gasteiger partial charge in [0.05, 0.1) is 29.8 Å². The Morgan fingerprint density at radius 1 is 1.13 bits per heavy atom. The van der Waals surface area contributed by atoms with Crippen LogP contribution in [-0.4, -0.2) is 46.3 Å². The van der Waals surface area contributed by atoms with Crippen molar-refractivity contribution >= 4 is 11.7 Å². The first-order valence-corrected chi connectivity index (χ1v) is 14.2. The van der Waals surface area contributed by atoms with Gasteiger partial charge in [-0.05, 0) is 70.4 Å². The van der Waals surface area contributed by atoms with Crippen molar-refractivity contribution in [2.24, 2.45) is 11.3 Å². The summed E-state index contributed by atoms with van der Waals surface area (Å²) in [5.41, 5.74) is 3.34. The van der Waals surface area contributed by atoms with E-state index in [4.69, 9.17) is 14.5 Å². The molecule has 1 aliphatic carbocycles. The van der Waals surface area contributed by atoms with Crippen LogP contribution >= 0.6 is 0 Å². The number of hydrogen-bond acceptors (Lipinski definition) is 6. The fraction of sp³-hybridized carbons (Fsp3) is 0.645. The zero-order valence-corrected chi connectivity index (χ0v) is 24.0. The first kappa shape index (κ1) is 28.3. The molecule has 2 aliphatic rings. The molecule has 2 aromatic heterocycles. The Morgan fingerprint density at radius 2 is 1.82 bits per heavy atom. The molecule has 4 rings (SSSR count). The Bertz CT molecular complexity index is 1090. The molecule has 2 aromatic rings. The molecule has 0 unspecified atom stereocenters. The molecule has 1 saturated carbocycles. The van der Waals surface area contributed by atoms with Gasteiger partial charge in [0.15, 0.2) is 6.10 Å². The molecule has 0 radical (unpaired) electrons. The molecule has 0 spiro atoms. The third-order valence-corrected chi connectivity index (χ3v) is 7.96. The predicted molar refractivity (Wildman–Crippen MR) is 151 cm³/mol. The molecule has 1 aliphatic heterocycles. The van der Waals surface area contributed by atoms with E-state index in [1.54, 1.807) is 6.20 Å². The maximum atomic E-state index is 12.6. The van der Waals surface area contributed by atoms with Crippen LogP contribution in [0.2, 0.25) is 0 Å². The summed E-state index contributed by atoms with van der Waals surface area (Å²) in [5.74, 6) is 0.529. The van der Waals surface area contributed by atoms with Crippen molar-refractivity contribution in [2.45, 2.75) is 98.2 Å². The van der Waals surface area contributed by atoms with E-state index in [0.717, 1.165) is 61.0 Å². The monoisotopic (exact) mass is 523 g/mol. The summed E-state index contributed by atoms with van der Waals surface area (Å²) < 4.78 is 12.1. The van der Waals surface area contributed by atoms with Crippen molar-refractivity contribution in [2.75, 3.05) is 24.6 Å². The second kappa shape index (κ2) is 11.6. The quantitative estimate of drug-likeness (QED) is 0.379. The number of anilines is 1. The first-order valence-electron chi connectivity index (χ1n) is 14.2. The van der Waals surface area contributed by atoms with Gasteiger partial charge in [0.2, 0.25) is 0 Å². The molecule has 208 valence electrons. The smallest absolute Gasteiger partial charge is 0.337 e. The molecule has 1 N–H and O–H groups in total. The van der Waals surface area contributed by atoms with E-state index in [-0.39, 0.29) is 5.41 Å². The van der Waals surface area contributed by atoms with Crippen molar-refractivity contribution in [1.82, 2.24) is 9.97 Å². The van der Waals surface area contributed by atoms with E-state index in [1.807, 2.05) is 46.0 Å². The molecule has 3 heterocycles. The van der Waals surface area contributed by atoms with Gasteiger partial charge in [-0.15, -0.1) is 0 Å². The van der Waals surface area contributed by atoms with Gasteiger partial charge in [0.1, 0.15) is 5.75 Å². The summed E-state index contributed by atoms with van der Waals surface area (Å²) in [4.78, 5) is 24.3. The lowest BCUT2D eigenvalue weighted by Gasteiger charge is -2.40. The van der Waals surface area contributed by atoms with Crippen LogP contribution < -0.4 is 9.64 Å². The molecular weight excluding hydrogens is 478 g/mol. The lowest BCUT2D eigenvalue weighted by molar-refractivity contribution is -0.160. The number of carboxylic acids is 1. The molecule has 7 heteroatoms. The Kier molecular flexibility index (Phi) is 8.65. The maximum absolute atomic E-state index is 12.6. The molecule has 1 saturated heterocycles. The molecular formula is C31H45N3O4. The summed E-state index contributed by atoms with van der Waals surface area (Å²) in [5, 5.41) is 10.3. The van der Waals surface area contributed by atoms with Gasteiger partial charge in [0, 0.05) is 36.1 Å². The SMILES string of the molecule is Cc1ncc(-c2ccc(OCCC3CCCC3)cn2)c(N2CCC(C)(C)CC2)c1[C@H](OC(C)(C)C)C(=O)O. The number of carbonyl (C=O) groups is 1. The number of pyridine rings is 2. The van der Waals surface area contributed by atoms with Gasteiger partial charge in [-0.25, -0.2) is 4.79 Å². The highest BCUT2D eigenvalue weighted by molar-refractivity contribution is 5.85. The minimum absolute atomic E-state index is 0.253. The molecule has 2 fully saturated rings. The van der Waals surface area contributed by atoms with Gasteiger partial charge >= 0.3 is 5.97 Å². The minimum atomic E-state index is -1.13. The van der Waals surface area contributed by atoms with Crippen LogP contribution in [0.25, 0.3) is 11.3 Å². The average Bonchev–Trinajstić information content (AvgIpc) is 3.36. The second-order valence-electron chi connectivity index (χ2n) is 12.8. The Hall–Kier alpha value is -2.67. The average molecular weight is 524 g/mol. The lowest BCUT2D eigenvalue weighted by atomic mass is 9.82. The van der Waals surface area contributed by atoms with Gasteiger partial charge in [-0.2, -0.15) is 0 Å². The zero-order valence-electron chi connectivity index (χ0n) is 24.0. The van der Waals surface area contributed by atoms with Crippen molar-refractivity contribution in [3.63, 3.8) is 0 Å². The van der Waals surface area contributed by atoms with Crippen LogP contribution in [0.1, 0.15) is 96.9 Å². The van der Waals surface area contributed by atoms with Crippen LogP contribution in [0, 0.1) is 18.3 Å². The van der Waals surface area contributed by atoms with Gasteiger partial charge in [0.25, 0.3) is 0 Å². The van der Waals surface area contributed by atoms with E-state index in [9.17, 15) is 9.90 Å². The molecule has 7 nitrogen and oxygen atoms in total. The highest BCUT2D eigenvalue weighted by atomic mass is 16.5. The second-order valence-corrected chi connectivity index (χ2v) is 12.8. The van der Waals surface area contributed by atoms with E-state index >= 15 is 0 Å². The molecule has 0 bridgehead atoms. The fourth-order valence-electron chi connectivity index (χ4n) is 5.64. The lowest BCUT2D eigenvalue weighted by Crippen LogP contribution is -2.39. The van der Waals surface area contributed by atoms with Gasteiger partial charge < -0.3 is 19.5 Å². The van der Waals surface area contributed by atoms with Crippen LogP contribution in [0.15, 0.2) is 24.5 Å². The van der Waals surface area contributed by atoms with Crippen LogP contribution in [0.4, 0.5) is 5.69 Å². The number of carboxylic acid groups (broad SMARTS) is 1. The zero-order chi connectivity index (χ0) is 27.5. The Morgan fingerprint density at radius 3 is 2.39 bits per heavy atom. The van der Waals surface area contributed by atoms with Gasteiger partial charge in [-0.1, -0.05) is 39.5 Å². The van der Waals surface area contributed by atoms with E-state index in [0.29, 0.717) is 17.9 Å². The predicted octanol–water partition coefficient (Wildman–Crippen LogP) is 6.98. The van der Waals surface area contributed by atoms with Crippen molar-refractivity contribution in [3.8, 4) is 17.0 Å². The van der Waals surface area contributed by atoms with Crippen LogP contribution in [-0.2, 0) is 9.53 Å². The molecule has 0 aromatic carbocycles. The number of piperidine rings is 1. The molecule has 1 atom stereocenters. The highest BCUT2D eigenvalue weighted by Gasteiger charge is 2.36. The number of aromatic nitrogens is 2. The van der Waals surface area contributed by atoms with E-state index in [2.05, 4.69) is 23.7 Å². The number of nitrogens with zero attached hydrogens (tertiary/aromatic N) is 3. The Labute approximate surface area is 228 Å². The van der Waals surface area contributed by atoms with Gasteiger partial charge in [-0.3, -0.25) is 9.97 Å². The summed E-state index contributed by atoms with van der Waals surface area (Å²) in [6.45, 7) is 14.5. The van der Waals surface area contributed by atoms with Crippen LogP contribution in [0.3, 0.4) is 0 Å². The van der Waals surface area contributed by atoms with Crippen molar-refractivity contribution in [1.29, 1.82) is 0 Å². The number of aliphatic carboxylic acids is 1. The highest BCUT2D eigenvalue weighted by Crippen LogP contribution is 2.43. The maximum Gasteiger partial charge on any atom is 0.337 e. The summed E-state index contributed by atoms with van der Waals surface area (Å²) in [6, 6.07) is 3.92. The van der Waals surface area contributed by atoms with E-state index in [1.165, 1.54) is 25.7 Å². The minimum Gasteiger partial charge on any atom is -0.492 e. The number of rotatable bonds is 9. The van der Waals surface area contributed by atoms with Crippen molar-refractivity contribution in [3.05, 3.63) is 35.8 Å². The summed E-state index contributed by atoms with van der Waals surface area (Å²) in [6.07, 6.45) is 10.9. The first-order chi connectivity index (χ1) is 17.9. The topological polar surface area (TPSA) is 84.8 Å². The van der Waals surface area contributed by atoms with Crippen molar-refractivity contribution < 1.29 is 19.4 Å². The number of hydrogen-bond donors (Lipinski definition) is 1. The molecule has 38 heavy (non-hydrogen) atoms.